The van der Waals surface area contributed by atoms with E-state index in [1.807, 2.05) is 24.4 Å². The van der Waals surface area contributed by atoms with Crippen LogP contribution >= 0.6 is 0 Å². The van der Waals surface area contributed by atoms with Gasteiger partial charge in [0.25, 0.3) is 0 Å². The van der Waals surface area contributed by atoms with E-state index in [2.05, 4.69) is 163 Å². The van der Waals surface area contributed by atoms with Crippen molar-refractivity contribution in [2.24, 2.45) is 0 Å². The summed E-state index contributed by atoms with van der Waals surface area (Å²) >= 11 is 0. The van der Waals surface area contributed by atoms with Crippen LogP contribution in [0.15, 0.2) is 103 Å². The second-order valence-electron chi connectivity index (χ2n) is 15.9. The Morgan fingerprint density at radius 3 is 2.04 bits per heavy atom. The predicted octanol–water partition coefficient (Wildman–Crippen LogP) is 11.3. The fourth-order valence-electron chi connectivity index (χ4n) is 6.60. The van der Waals surface area contributed by atoms with E-state index in [0.29, 0.717) is 11.5 Å². The molecule has 0 spiro atoms. The molecule has 0 aliphatic rings. The van der Waals surface area contributed by atoms with Crippen molar-refractivity contribution in [2.75, 3.05) is 0 Å². The van der Waals surface area contributed by atoms with E-state index in [4.69, 9.17) is 14.8 Å². The number of rotatable bonds is 5. The first-order valence-electron chi connectivity index (χ1n) is 17.0. The average Bonchev–Trinajstić information content (AvgIpc) is 3.63. The summed E-state index contributed by atoms with van der Waals surface area (Å²) in [7, 11) is 0. The van der Waals surface area contributed by atoms with Crippen molar-refractivity contribution < 1.29 is 25.8 Å². The van der Waals surface area contributed by atoms with Crippen molar-refractivity contribution in [2.45, 2.75) is 78.6 Å². The fourth-order valence-corrected chi connectivity index (χ4v) is 6.60. The molecule has 7 rings (SSSR count). The standard InChI is InChI=1S/C44H44N4O.Pt/c1-42(2,3)30-24-25-45-38(26-30)47-36-21-14-13-20-34(36)35-23-22-33(28-37(35)47)49-32-19-15-18-31(27-32)48-41(44(7,8)9)39(29-16-11-10-12-17-29)40(46-48)43(4,5)6;/h10-26H,1-9H3;/q-2;+2. The first-order valence-corrected chi connectivity index (χ1v) is 17.0. The third-order valence-electron chi connectivity index (χ3n) is 8.97. The van der Waals surface area contributed by atoms with E-state index in [1.54, 1.807) is 0 Å². The summed E-state index contributed by atoms with van der Waals surface area (Å²) in [6, 6.07) is 40.5. The molecule has 0 amide bonds. The third-order valence-corrected chi connectivity index (χ3v) is 8.97. The van der Waals surface area contributed by atoms with Crippen LogP contribution in [-0.2, 0) is 37.3 Å². The van der Waals surface area contributed by atoms with Crippen LogP contribution in [0.2, 0.25) is 0 Å². The van der Waals surface area contributed by atoms with Crippen LogP contribution in [0.4, 0.5) is 0 Å². The van der Waals surface area contributed by atoms with E-state index in [-0.39, 0.29) is 37.3 Å². The quantitative estimate of drug-likeness (QED) is 0.162. The average molecular weight is 840 g/mol. The van der Waals surface area contributed by atoms with Crippen molar-refractivity contribution in [3.05, 3.63) is 132 Å². The topological polar surface area (TPSA) is 44.9 Å². The Labute approximate surface area is 310 Å². The van der Waals surface area contributed by atoms with Crippen LogP contribution in [0.5, 0.6) is 11.5 Å². The zero-order chi connectivity index (χ0) is 34.7. The number of benzene rings is 4. The molecule has 0 N–H and O–H groups in total. The maximum absolute atomic E-state index is 6.54. The van der Waals surface area contributed by atoms with E-state index in [0.717, 1.165) is 50.3 Å². The molecule has 5 nitrogen and oxygen atoms in total. The van der Waals surface area contributed by atoms with Crippen molar-refractivity contribution in [1.29, 1.82) is 0 Å². The minimum Gasteiger partial charge on any atom is -0.509 e. The van der Waals surface area contributed by atoms with Gasteiger partial charge in [0.1, 0.15) is 5.82 Å². The second kappa shape index (κ2) is 13.0. The SMILES string of the molecule is CC(C)(C)c1ccnc(-n2c3[c-]c(Oc4[c-]c(-n5nc(C(C)(C)C)c(-c6ccccc6)c5C(C)(C)C)ccc4)ccc3c3ccccc32)c1.[Pt+2]. The van der Waals surface area contributed by atoms with Gasteiger partial charge in [-0.05, 0) is 45.8 Å². The van der Waals surface area contributed by atoms with Crippen molar-refractivity contribution in [3.63, 3.8) is 0 Å². The molecule has 0 saturated carbocycles. The van der Waals surface area contributed by atoms with Gasteiger partial charge in [-0.15, -0.1) is 35.7 Å². The zero-order valence-electron chi connectivity index (χ0n) is 30.3. The molecule has 0 atom stereocenters. The molecule has 4 aromatic carbocycles. The summed E-state index contributed by atoms with van der Waals surface area (Å²) in [5.41, 5.74) is 8.20. The second-order valence-corrected chi connectivity index (χ2v) is 15.9. The summed E-state index contributed by atoms with van der Waals surface area (Å²) in [5.74, 6) is 2.06. The van der Waals surface area contributed by atoms with Crippen LogP contribution in [0.3, 0.4) is 0 Å². The molecule has 6 heteroatoms. The van der Waals surface area contributed by atoms with E-state index in [9.17, 15) is 0 Å². The Bertz CT molecular complexity index is 2310. The molecule has 0 bridgehead atoms. The molecule has 0 radical (unpaired) electrons. The van der Waals surface area contributed by atoms with Gasteiger partial charge in [-0.3, -0.25) is 4.68 Å². The van der Waals surface area contributed by atoms with Crippen LogP contribution in [0.1, 0.15) is 79.3 Å². The normalized spacial score (nSPS) is 12.3. The van der Waals surface area contributed by atoms with Crippen molar-refractivity contribution in [1.82, 2.24) is 19.3 Å². The van der Waals surface area contributed by atoms with E-state index < -0.39 is 0 Å². The molecule has 0 aliphatic heterocycles. The maximum atomic E-state index is 6.54. The number of aromatic nitrogens is 4. The van der Waals surface area contributed by atoms with Crippen molar-refractivity contribution in [3.8, 4) is 34.1 Å². The number of pyridine rings is 1. The number of hydrogen-bond acceptors (Lipinski definition) is 3. The van der Waals surface area contributed by atoms with Crippen LogP contribution < -0.4 is 4.74 Å². The summed E-state index contributed by atoms with van der Waals surface area (Å²) in [6.45, 7) is 20.1. The van der Waals surface area contributed by atoms with E-state index >= 15 is 0 Å². The number of ether oxygens (including phenoxy) is 1. The van der Waals surface area contributed by atoms with Crippen LogP contribution in [-0.4, -0.2) is 19.3 Å². The van der Waals surface area contributed by atoms with Gasteiger partial charge in [0.05, 0.1) is 11.4 Å². The molecule has 3 aromatic heterocycles. The Morgan fingerprint density at radius 1 is 0.640 bits per heavy atom. The summed E-state index contributed by atoms with van der Waals surface area (Å²) in [6.07, 6.45) is 1.90. The van der Waals surface area contributed by atoms with E-state index in [1.165, 1.54) is 11.1 Å². The molecule has 50 heavy (non-hydrogen) atoms. The Morgan fingerprint density at radius 2 is 1.34 bits per heavy atom. The first-order chi connectivity index (χ1) is 23.2. The summed E-state index contributed by atoms with van der Waals surface area (Å²) in [5, 5.41) is 7.53. The Hall–Kier alpha value is -4.47. The minimum absolute atomic E-state index is 0. The molecule has 7 aromatic rings. The van der Waals surface area contributed by atoms with Crippen molar-refractivity contribution >= 4 is 21.8 Å². The summed E-state index contributed by atoms with van der Waals surface area (Å²) < 4.78 is 10.8. The smallest absolute Gasteiger partial charge is 0.509 e. The molecule has 0 aliphatic carbocycles. The van der Waals surface area contributed by atoms with Gasteiger partial charge >= 0.3 is 21.1 Å². The molecular weight excluding hydrogens is 796 g/mol. The zero-order valence-corrected chi connectivity index (χ0v) is 32.6. The fraction of sp³-hybridized carbons (Fsp3) is 0.273. The third kappa shape index (κ3) is 6.56. The minimum atomic E-state index is -0.197. The van der Waals surface area contributed by atoms with Crippen LogP contribution in [0.25, 0.3) is 44.4 Å². The number of fused-ring (bicyclic) bond motifs is 3. The molecular formula is C44H44N4OPt. The number of nitrogens with zero attached hydrogens (tertiary/aromatic N) is 4. The summed E-state index contributed by atoms with van der Waals surface area (Å²) in [4.78, 5) is 4.82. The molecule has 0 saturated heterocycles. The van der Waals surface area contributed by atoms with Gasteiger partial charge < -0.3 is 9.30 Å². The Kier molecular flexibility index (Phi) is 9.20. The first kappa shape index (κ1) is 35.4. The largest absolute Gasteiger partial charge is 2.00 e. The predicted molar refractivity (Wildman–Crippen MR) is 201 cm³/mol. The van der Waals surface area contributed by atoms with Gasteiger partial charge in [-0.25, -0.2) is 4.98 Å². The number of para-hydroxylation sites is 1. The molecule has 0 fully saturated rings. The monoisotopic (exact) mass is 839 g/mol. The molecule has 3 heterocycles. The van der Waals surface area contributed by atoms with Gasteiger partial charge in [0.2, 0.25) is 0 Å². The number of hydrogen-bond donors (Lipinski definition) is 0. The molecule has 256 valence electrons. The van der Waals surface area contributed by atoms with Crippen LogP contribution in [0, 0.1) is 12.1 Å². The van der Waals surface area contributed by atoms with Gasteiger partial charge in [-0.1, -0.05) is 116 Å². The molecule has 0 unspecified atom stereocenters. The van der Waals surface area contributed by atoms with Gasteiger partial charge in [0, 0.05) is 39.6 Å². The van der Waals surface area contributed by atoms with Gasteiger partial charge in [-0.2, -0.15) is 17.2 Å². The maximum Gasteiger partial charge on any atom is 2.00 e. The Balaban J connectivity index is 0.00000432. The van der Waals surface area contributed by atoms with Gasteiger partial charge in [0.15, 0.2) is 0 Å².